The maximum absolute atomic E-state index is 11.8. The highest BCUT2D eigenvalue weighted by Crippen LogP contribution is 2.30. The molecule has 0 atom stereocenters. The second-order valence-electron chi connectivity index (χ2n) is 6.40. The lowest BCUT2D eigenvalue weighted by Gasteiger charge is -2.17. The zero-order valence-corrected chi connectivity index (χ0v) is 12.3. The minimum Gasteiger partial charge on any atom is -0.352 e. The second-order valence-corrected chi connectivity index (χ2v) is 6.40. The van der Waals surface area contributed by atoms with E-state index in [4.69, 9.17) is 0 Å². The van der Waals surface area contributed by atoms with Gasteiger partial charge in [0.1, 0.15) is 0 Å². The molecule has 0 unspecified atom stereocenters. The molecule has 0 heterocycles. The summed E-state index contributed by atoms with van der Waals surface area (Å²) >= 11 is 0. The molecule has 1 saturated carbocycles. The van der Waals surface area contributed by atoms with Crippen LogP contribution in [-0.2, 0) is 16.1 Å². The lowest BCUT2D eigenvalue weighted by Crippen LogP contribution is -2.34. The fraction of sp³-hybridized carbons (Fsp3) is 0.500. The van der Waals surface area contributed by atoms with Crippen molar-refractivity contribution in [3.05, 3.63) is 29.8 Å². The minimum absolute atomic E-state index is 0.0184. The highest BCUT2D eigenvalue weighted by atomic mass is 16.2. The predicted octanol–water partition coefficient (Wildman–Crippen LogP) is 2.70. The molecule has 1 aliphatic rings. The van der Waals surface area contributed by atoms with Crippen LogP contribution in [0.5, 0.6) is 0 Å². The molecule has 0 saturated heterocycles. The van der Waals surface area contributed by atoms with Crippen molar-refractivity contribution in [2.24, 2.45) is 11.3 Å². The number of amides is 2. The van der Waals surface area contributed by atoms with Crippen LogP contribution in [0.25, 0.3) is 0 Å². The Kier molecular flexibility index (Phi) is 4.12. The first-order valence-electron chi connectivity index (χ1n) is 7.04. The number of carbonyl (C=O) groups is 2. The Morgan fingerprint density at radius 3 is 2.55 bits per heavy atom. The zero-order valence-electron chi connectivity index (χ0n) is 12.3. The van der Waals surface area contributed by atoms with Gasteiger partial charge in [-0.1, -0.05) is 32.9 Å². The van der Waals surface area contributed by atoms with Crippen LogP contribution >= 0.6 is 0 Å². The van der Waals surface area contributed by atoms with Gasteiger partial charge in [-0.05, 0) is 30.5 Å². The van der Waals surface area contributed by atoms with Crippen molar-refractivity contribution in [1.82, 2.24) is 5.32 Å². The summed E-state index contributed by atoms with van der Waals surface area (Å²) in [6.45, 7) is 6.13. The number of nitrogens with one attached hydrogen (secondary N) is 2. The summed E-state index contributed by atoms with van der Waals surface area (Å²) < 4.78 is 0. The van der Waals surface area contributed by atoms with Gasteiger partial charge in [-0.15, -0.1) is 0 Å². The normalized spacial score (nSPS) is 14.8. The van der Waals surface area contributed by atoms with E-state index in [0.717, 1.165) is 24.1 Å². The maximum atomic E-state index is 11.8. The van der Waals surface area contributed by atoms with Crippen LogP contribution in [0.2, 0.25) is 0 Å². The summed E-state index contributed by atoms with van der Waals surface area (Å²) in [6, 6.07) is 7.61. The Balaban J connectivity index is 1.92. The molecule has 20 heavy (non-hydrogen) atoms. The number of rotatable bonds is 4. The van der Waals surface area contributed by atoms with Gasteiger partial charge in [-0.2, -0.15) is 0 Å². The molecule has 0 radical (unpaired) electrons. The second kappa shape index (κ2) is 5.65. The molecular formula is C16H22N2O2. The Labute approximate surface area is 119 Å². The van der Waals surface area contributed by atoms with E-state index in [1.54, 1.807) is 0 Å². The highest BCUT2D eigenvalue weighted by molar-refractivity contribution is 5.94. The predicted molar refractivity (Wildman–Crippen MR) is 79.1 cm³/mol. The van der Waals surface area contributed by atoms with Gasteiger partial charge in [0.2, 0.25) is 11.8 Å². The summed E-state index contributed by atoms with van der Waals surface area (Å²) in [4.78, 5) is 23.5. The lowest BCUT2D eigenvalue weighted by molar-refractivity contribution is -0.128. The van der Waals surface area contributed by atoms with Crippen LogP contribution in [0.15, 0.2) is 24.3 Å². The highest BCUT2D eigenvalue weighted by Gasteiger charge is 2.29. The molecule has 2 N–H and O–H groups in total. The van der Waals surface area contributed by atoms with Gasteiger partial charge in [0, 0.05) is 23.6 Å². The molecule has 1 fully saturated rings. The van der Waals surface area contributed by atoms with Crippen molar-refractivity contribution in [3.63, 3.8) is 0 Å². The summed E-state index contributed by atoms with van der Waals surface area (Å²) in [6.07, 6.45) is 1.99. The van der Waals surface area contributed by atoms with Crippen LogP contribution < -0.4 is 10.6 Å². The molecule has 0 aliphatic heterocycles. The number of benzene rings is 1. The van der Waals surface area contributed by atoms with Gasteiger partial charge in [0.15, 0.2) is 0 Å². The Morgan fingerprint density at radius 2 is 1.95 bits per heavy atom. The number of hydrogen-bond donors (Lipinski definition) is 2. The summed E-state index contributed by atoms with van der Waals surface area (Å²) in [5.74, 6) is 0.310. The Morgan fingerprint density at radius 1 is 1.25 bits per heavy atom. The van der Waals surface area contributed by atoms with Gasteiger partial charge in [-0.25, -0.2) is 0 Å². The van der Waals surface area contributed by atoms with Gasteiger partial charge >= 0.3 is 0 Å². The van der Waals surface area contributed by atoms with E-state index in [2.05, 4.69) is 10.6 Å². The SMILES string of the molecule is CC(C)(C)C(=O)NCc1cccc(NC(=O)C2CC2)c1. The molecule has 108 valence electrons. The standard InChI is InChI=1S/C16H22N2O2/c1-16(2,3)15(20)17-10-11-5-4-6-13(9-11)18-14(19)12-7-8-12/h4-6,9,12H,7-8,10H2,1-3H3,(H,17,20)(H,18,19). The molecule has 2 rings (SSSR count). The van der Waals surface area contributed by atoms with Crippen LogP contribution in [-0.4, -0.2) is 11.8 Å². The average Bonchev–Trinajstić information content (AvgIpc) is 3.19. The van der Waals surface area contributed by atoms with Gasteiger partial charge < -0.3 is 10.6 Å². The van der Waals surface area contributed by atoms with Crippen LogP contribution in [0, 0.1) is 11.3 Å². The molecule has 0 aromatic heterocycles. The quantitative estimate of drug-likeness (QED) is 0.887. The first-order valence-corrected chi connectivity index (χ1v) is 7.04. The van der Waals surface area contributed by atoms with Crippen LogP contribution in [0.1, 0.15) is 39.2 Å². The molecule has 0 spiro atoms. The third kappa shape index (κ3) is 4.08. The van der Waals surface area contributed by atoms with Crippen molar-refractivity contribution in [3.8, 4) is 0 Å². The Hall–Kier alpha value is -1.84. The van der Waals surface area contributed by atoms with Gasteiger partial charge in [0.05, 0.1) is 0 Å². The first kappa shape index (κ1) is 14.6. The molecule has 0 bridgehead atoms. The average molecular weight is 274 g/mol. The molecule has 1 aromatic carbocycles. The van der Waals surface area contributed by atoms with E-state index in [1.165, 1.54) is 0 Å². The largest absolute Gasteiger partial charge is 0.352 e. The van der Waals surface area contributed by atoms with Crippen molar-refractivity contribution in [1.29, 1.82) is 0 Å². The number of anilines is 1. The van der Waals surface area contributed by atoms with E-state index >= 15 is 0 Å². The molecule has 1 aromatic rings. The van der Waals surface area contributed by atoms with Crippen LogP contribution in [0.4, 0.5) is 5.69 Å². The van der Waals surface area contributed by atoms with E-state index in [0.29, 0.717) is 6.54 Å². The third-order valence-electron chi connectivity index (χ3n) is 3.28. The summed E-state index contributed by atoms with van der Waals surface area (Å²) in [5, 5.41) is 5.81. The lowest BCUT2D eigenvalue weighted by atomic mass is 9.95. The molecule has 2 amide bonds. The van der Waals surface area contributed by atoms with Crippen molar-refractivity contribution in [2.75, 3.05) is 5.32 Å². The molecule has 1 aliphatic carbocycles. The monoisotopic (exact) mass is 274 g/mol. The van der Waals surface area contributed by atoms with Crippen molar-refractivity contribution in [2.45, 2.75) is 40.2 Å². The summed E-state index contributed by atoms with van der Waals surface area (Å²) in [5.41, 5.74) is 1.39. The number of hydrogen-bond acceptors (Lipinski definition) is 2. The van der Waals surface area contributed by atoms with Gasteiger partial charge in [0.25, 0.3) is 0 Å². The van der Waals surface area contributed by atoms with E-state index in [-0.39, 0.29) is 17.7 Å². The van der Waals surface area contributed by atoms with Gasteiger partial charge in [-0.3, -0.25) is 9.59 Å². The first-order chi connectivity index (χ1) is 9.36. The summed E-state index contributed by atoms with van der Waals surface area (Å²) in [7, 11) is 0. The molecular weight excluding hydrogens is 252 g/mol. The van der Waals surface area contributed by atoms with Crippen molar-refractivity contribution >= 4 is 17.5 Å². The molecule has 4 heteroatoms. The fourth-order valence-corrected chi connectivity index (χ4v) is 1.80. The zero-order chi connectivity index (χ0) is 14.8. The van der Waals surface area contributed by atoms with E-state index in [9.17, 15) is 9.59 Å². The van der Waals surface area contributed by atoms with Crippen LogP contribution in [0.3, 0.4) is 0 Å². The van der Waals surface area contributed by atoms with E-state index < -0.39 is 5.41 Å². The number of carbonyl (C=O) groups excluding carboxylic acids is 2. The Bertz CT molecular complexity index is 513. The minimum atomic E-state index is -0.391. The van der Waals surface area contributed by atoms with E-state index in [1.807, 2.05) is 45.0 Å². The third-order valence-corrected chi connectivity index (χ3v) is 3.28. The fourth-order valence-electron chi connectivity index (χ4n) is 1.80. The van der Waals surface area contributed by atoms with Crippen molar-refractivity contribution < 1.29 is 9.59 Å². The topological polar surface area (TPSA) is 58.2 Å². The molecule has 4 nitrogen and oxygen atoms in total. The maximum Gasteiger partial charge on any atom is 0.227 e. The smallest absolute Gasteiger partial charge is 0.227 e.